The quantitative estimate of drug-likeness (QED) is 0.840. The fraction of sp³-hybridized carbons (Fsp3) is 0.400. The standard InChI is InChI=1S/C20H26N4O/c1-3-22-12-14-23(15-13-22)20(25)19-11-10-18(16-21-19)24(4-2)17-8-6-5-7-9-17/h5-11,16H,3-4,12-15H2,1-2H3. The zero-order chi connectivity index (χ0) is 17.6. The summed E-state index contributed by atoms with van der Waals surface area (Å²) in [6, 6.07) is 14.0. The maximum absolute atomic E-state index is 12.6. The van der Waals surface area contributed by atoms with Gasteiger partial charge in [0.25, 0.3) is 5.91 Å². The second-order valence-corrected chi connectivity index (χ2v) is 6.21. The number of benzene rings is 1. The Labute approximate surface area is 149 Å². The molecule has 0 aliphatic carbocycles. The Morgan fingerprint density at radius 3 is 2.28 bits per heavy atom. The number of para-hydroxylation sites is 1. The van der Waals surface area contributed by atoms with E-state index in [1.165, 1.54) is 0 Å². The van der Waals surface area contributed by atoms with Crippen molar-refractivity contribution in [3.63, 3.8) is 0 Å². The van der Waals surface area contributed by atoms with Crippen molar-refractivity contribution < 1.29 is 4.79 Å². The Bertz CT molecular complexity index is 679. The fourth-order valence-electron chi connectivity index (χ4n) is 3.22. The zero-order valence-corrected chi connectivity index (χ0v) is 15.1. The second kappa shape index (κ2) is 8.12. The fourth-order valence-corrected chi connectivity index (χ4v) is 3.22. The number of piperazine rings is 1. The number of nitrogens with zero attached hydrogens (tertiary/aromatic N) is 4. The molecule has 0 N–H and O–H groups in total. The smallest absolute Gasteiger partial charge is 0.272 e. The van der Waals surface area contributed by atoms with Gasteiger partial charge in [-0.3, -0.25) is 4.79 Å². The molecule has 2 aromatic rings. The number of pyridine rings is 1. The minimum absolute atomic E-state index is 0.0325. The molecule has 1 aromatic heterocycles. The van der Waals surface area contributed by atoms with E-state index in [1.54, 1.807) is 6.20 Å². The van der Waals surface area contributed by atoms with E-state index in [-0.39, 0.29) is 5.91 Å². The molecular formula is C20H26N4O. The number of aromatic nitrogens is 1. The first-order valence-corrected chi connectivity index (χ1v) is 9.03. The second-order valence-electron chi connectivity index (χ2n) is 6.21. The molecule has 5 nitrogen and oxygen atoms in total. The van der Waals surface area contributed by atoms with Crippen LogP contribution < -0.4 is 4.90 Å². The van der Waals surface area contributed by atoms with E-state index in [9.17, 15) is 4.79 Å². The first-order chi connectivity index (χ1) is 12.2. The number of hydrogen-bond donors (Lipinski definition) is 0. The normalized spacial score (nSPS) is 15.2. The number of anilines is 2. The van der Waals surface area contributed by atoms with Crippen molar-refractivity contribution in [3.05, 3.63) is 54.4 Å². The van der Waals surface area contributed by atoms with Crippen LogP contribution in [0.2, 0.25) is 0 Å². The Morgan fingerprint density at radius 1 is 1.00 bits per heavy atom. The lowest BCUT2D eigenvalue weighted by molar-refractivity contribution is 0.0637. The molecule has 1 saturated heterocycles. The average Bonchev–Trinajstić information content (AvgIpc) is 2.69. The molecule has 0 spiro atoms. The van der Waals surface area contributed by atoms with Crippen molar-refractivity contribution in [1.29, 1.82) is 0 Å². The highest BCUT2D eigenvalue weighted by Crippen LogP contribution is 2.24. The summed E-state index contributed by atoms with van der Waals surface area (Å²) in [5.74, 6) is 0.0325. The maximum atomic E-state index is 12.6. The first-order valence-electron chi connectivity index (χ1n) is 9.03. The molecule has 2 heterocycles. The Kier molecular flexibility index (Phi) is 5.66. The molecule has 1 aliphatic heterocycles. The van der Waals surface area contributed by atoms with Crippen molar-refractivity contribution in [2.24, 2.45) is 0 Å². The van der Waals surface area contributed by atoms with Gasteiger partial charge in [-0.15, -0.1) is 0 Å². The minimum atomic E-state index is 0.0325. The highest BCUT2D eigenvalue weighted by molar-refractivity contribution is 5.92. The highest BCUT2D eigenvalue weighted by Gasteiger charge is 2.22. The van der Waals surface area contributed by atoms with Gasteiger partial charge >= 0.3 is 0 Å². The summed E-state index contributed by atoms with van der Waals surface area (Å²) < 4.78 is 0. The average molecular weight is 338 g/mol. The molecule has 0 radical (unpaired) electrons. The number of rotatable bonds is 5. The van der Waals surface area contributed by atoms with Crippen molar-refractivity contribution in [3.8, 4) is 0 Å². The summed E-state index contributed by atoms with van der Waals surface area (Å²) in [6.45, 7) is 9.60. The van der Waals surface area contributed by atoms with Crippen molar-refractivity contribution >= 4 is 17.3 Å². The van der Waals surface area contributed by atoms with Crippen LogP contribution in [0, 0.1) is 0 Å². The number of amides is 1. The Morgan fingerprint density at radius 2 is 1.72 bits per heavy atom. The van der Waals surface area contributed by atoms with Gasteiger partial charge in [-0.05, 0) is 37.7 Å². The summed E-state index contributed by atoms with van der Waals surface area (Å²) in [5, 5.41) is 0. The number of carbonyl (C=O) groups excluding carboxylic acids is 1. The van der Waals surface area contributed by atoms with Crippen LogP contribution in [0.25, 0.3) is 0 Å². The number of hydrogen-bond acceptors (Lipinski definition) is 4. The van der Waals surface area contributed by atoms with E-state index in [0.717, 1.165) is 50.6 Å². The molecule has 25 heavy (non-hydrogen) atoms. The van der Waals surface area contributed by atoms with E-state index < -0.39 is 0 Å². The van der Waals surface area contributed by atoms with Gasteiger partial charge in [-0.25, -0.2) is 4.98 Å². The van der Waals surface area contributed by atoms with Gasteiger partial charge < -0.3 is 14.7 Å². The van der Waals surface area contributed by atoms with Crippen LogP contribution in [-0.4, -0.2) is 60.0 Å². The maximum Gasteiger partial charge on any atom is 0.272 e. The zero-order valence-electron chi connectivity index (χ0n) is 15.1. The van der Waals surface area contributed by atoms with Crippen molar-refractivity contribution in [2.45, 2.75) is 13.8 Å². The molecule has 1 aliphatic rings. The van der Waals surface area contributed by atoms with Crippen molar-refractivity contribution in [2.75, 3.05) is 44.2 Å². The largest absolute Gasteiger partial charge is 0.341 e. The molecular weight excluding hydrogens is 312 g/mol. The van der Waals surface area contributed by atoms with Gasteiger partial charge in [-0.2, -0.15) is 0 Å². The summed E-state index contributed by atoms with van der Waals surface area (Å²) in [5.41, 5.74) is 2.65. The van der Waals surface area contributed by atoms with Crippen LogP contribution in [0.1, 0.15) is 24.3 Å². The molecule has 0 unspecified atom stereocenters. The minimum Gasteiger partial charge on any atom is -0.341 e. The van der Waals surface area contributed by atoms with Gasteiger partial charge in [0.2, 0.25) is 0 Å². The molecule has 0 bridgehead atoms. The van der Waals surface area contributed by atoms with E-state index in [4.69, 9.17) is 0 Å². The summed E-state index contributed by atoms with van der Waals surface area (Å²) in [7, 11) is 0. The van der Waals surface area contributed by atoms with Gasteiger partial charge in [0.15, 0.2) is 0 Å². The van der Waals surface area contributed by atoms with Crippen LogP contribution in [0.15, 0.2) is 48.7 Å². The predicted octanol–water partition coefficient (Wildman–Crippen LogP) is 3.02. The van der Waals surface area contributed by atoms with E-state index in [1.807, 2.05) is 35.2 Å². The van der Waals surface area contributed by atoms with Gasteiger partial charge in [0.1, 0.15) is 5.69 Å². The molecule has 1 fully saturated rings. The topological polar surface area (TPSA) is 39.7 Å². The molecule has 3 rings (SSSR count). The molecule has 0 atom stereocenters. The molecule has 0 saturated carbocycles. The van der Waals surface area contributed by atoms with Gasteiger partial charge in [0.05, 0.1) is 11.9 Å². The highest BCUT2D eigenvalue weighted by atomic mass is 16.2. The summed E-state index contributed by atoms with van der Waals surface area (Å²) in [4.78, 5) is 23.5. The molecule has 1 aromatic carbocycles. The Balaban J connectivity index is 1.70. The van der Waals surface area contributed by atoms with Crippen LogP contribution in [0.5, 0.6) is 0 Å². The third kappa shape index (κ3) is 3.99. The lowest BCUT2D eigenvalue weighted by Gasteiger charge is -2.33. The van der Waals surface area contributed by atoms with Crippen molar-refractivity contribution in [1.82, 2.24) is 14.8 Å². The van der Waals surface area contributed by atoms with E-state index >= 15 is 0 Å². The summed E-state index contributed by atoms with van der Waals surface area (Å²) in [6.07, 6.45) is 1.80. The third-order valence-corrected chi connectivity index (χ3v) is 4.77. The van der Waals surface area contributed by atoms with E-state index in [0.29, 0.717) is 5.69 Å². The van der Waals surface area contributed by atoms with Gasteiger partial charge in [0, 0.05) is 38.4 Å². The van der Waals surface area contributed by atoms with Crippen LogP contribution in [0.4, 0.5) is 11.4 Å². The third-order valence-electron chi connectivity index (χ3n) is 4.77. The number of likely N-dealkylation sites (N-methyl/N-ethyl adjacent to an activating group) is 1. The lowest BCUT2D eigenvalue weighted by atomic mass is 10.2. The van der Waals surface area contributed by atoms with E-state index in [2.05, 4.69) is 40.8 Å². The predicted molar refractivity (Wildman–Crippen MR) is 101 cm³/mol. The number of carbonyl (C=O) groups is 1. The van der Waals surface area contributed by atoms with Crippen LogP contribution in [0.3, 0.4) is 0 Å². The molecule has 1 amide bonds. The van der Waals surface area contributed by atoms with Crippen LogP contribution >= 0.6 is 0 Å². The lowest BCUT2D eigenvalue weighted by Crippen LogP contribution is -2.48. The molecule has 132 valence electrons. The monoisotopic (exact) mass is 338 g/mol. The molecule has 5 heteroatoms. The Hall–Kier alpha value is -2.40. The van der Waals surface area contributed by atoms with Gasteiger partial charge in [-0.1, -0.05) is 25.1 Å². The SMILES string of the molecule is CCN1CCN(C(=O)c2ccc(N(CC)c3ccccc3)cn2)CC1. The van der Waals surface area contributed by atoms with Crippen LogP contribution in [-0.2, 0) is 0 Å². The summed E-state index contributed by atoms with van der Waals surface area (Å²) >= 11 is 0. The first kappa shape index (κ1) is 17.4.